The summed E-state index contributed by atoms with van der Waals surface area (Å²) in [6.07, 6.45) is 8.67. The molecule has 1 aromatic heterocycles. The highest BCUT2D eigenvalue weighted by atomic mass is 32.2. The largest absolute Gasteiger partial charge is 0.494 e. The maximum Gasteiger partial charge on any atom is 0.342 e. The van der Waals surface area contributed by atoms with Crippen LogP contribution in [-0.4, -0.2) is 53.6 Å². The zero-order chi connectivity index (χ0) is 23.9. The lowest BCUT2D eigenvalue weighted by Gasteiger charge is -2.33. The second kappa shape index (κ2) is 11.0. The summed E-state index contributed by atoms with van der Waals surface area (Å²) in [5.74, 6) is -0.474. The Balaban J connectivity index is 1.36. The van der Waals surface area contributed by atoms with E-state index in [0.29, 0.717) is 17.9 Å². The molecule has 1 aliphatic heterocycles. The Morgan fingerprint density at radius 1 is 1.12 bits per heavy atom. The number of piperidine rings is 1. The number of nitrogens with two attached hydrogens (primary N) is 1. The van der Waals surface area contributed by atoms with Crippen LogP contribution >= 0.6 is 0 Å². The Labute approximate surface area is 194 Å². The Morgan fingerprint density at radius 3 is 2.33 bits per heavy atom. The van der Waals surface area contributed by atoms with Crippen molar-refractivity contribution in [3.8, 4) is 5.75 Å². The fraction of sp³-hybridized carbons (Fsp3) is 0.478. The fourth-order valence-corrected chi connectivity index (χ4v) is 4.61. The van der Waals surface area contributed by atoms with Gasteiger partial charge in [-0.3, -0.25) is 9.54 Å². The molecule has 9 nitrogen and oxygen atoms in total. The van der Waals surface area contributed by atoms with E-state index in [1.165, 1.54) is 24.9 Å². The van der Waals surface area contributed by atoms with Crippen molar-refractivity contribution in [2.24, 2.45) is 11.7 Å². The molecule has 1 fully saturated rings. The first-order valence-corrected chi connectivity index (χ1v) is 12.5. The van der Waals surface area contributed by atoms with Crippen molar-refractivity contribution >= 4 is 21.8 Å². The number of aromatic nitrogens is 1. The van der Waals surface area contributed by atoms with Crippen LogP contribution in [0.3, 0.4) is 0 Å². The second-order valence-electron chi connectivity index (χ2n) is 8.47. The van der Waals surface area contributed by atoms with E-state index in [2.05, 4.69) is 22.0 Å². The van der Waals surface area contributed by atoms with Crippen LogP contribution in [0.2, 0.25) is 0 Å². The molecule has 33 heavy (non-hydrogen) atoms. The standard InChI is InChI=1S/C23H31N3O6S/c24-23(22(27)28,33(29,30)31)17-19-4-6-21(7-5-19)32-16-2-1-3-18-10-14-26(15-11-18)20-8-12-25-13-9-20/h4-9,12-13,18H,1-3,10-11,14-17,24H2,(H,27,28)(H,29,30,31). The van der Waals surface area contributed by atoms with Crippen molar-refractivity contribution in [1.82, 2.24) is 4.98 Å². The van der Waals surface area contributed by atoms with E-state index in [0.717, 1.165) is 31.8 Å². The molecule has 4 N–H and O–H groups in total. The third-order valence-electron chi connectivity index (χ3n) is 6.13. The molecule has 2 aromatic rings. The predicted octanol–water partition coefficient (Wildman–Crippen LogP) is 2.72. The van der Waals surface area contributed by atoms with Crippen LogP contribution in [0.1, 0.15) is 37.7 Å². The zero-order valence-corrected chi connectivity index (χ0v) is 19.3. The summed E-state index contributed by atoms with van der Waals surface area (Å²) < 4.78 is 37.7. The summed E-state index contributed by atoms with van der Waals surface area (Å²) in [6.45, 7) is 2.71. The minimum atomic E-state index is -4.98. The molecule has 1 unspecified atom stereocenters. The van der Waals surface area contributed by atoms with E-state index < -0.39 is 27.4 Å². The van der Waals surface area contributed by atoms with Crippen LogP contribution in [-0.2, 0) is 21.3 Å². The molecule has 1 saturated heterocycles. The maximum atomic E-state index is 11.4. The predicted molar refractivity (Wildman–Crippen MR) is 125 cm³/mol. The van der Waals surface area contributed by atoms with Crippen molar-refractivity contribution < 1.29 is 27.6 Å². The van der Waals surface area contributed by atoms with Crippen molar-refractivity contribution in [3.05, 3.63) is 54.4 Å². The summed E-state index contributed by atoms with van der Waals surface area (Å²) >= 11 is 0. The first-order valence-electron chi connectivity index (χ1n) is 11.0. The monoisotopic (exact) mass is 477 g/mol. The van der Waals surface area contributed by atoms with Gasteiger partial charge in [-0.05, 0) is 61.4 Å². The van der Waals surface area contributed by atoms with Gasteiger partial charge in [-0.2, -0.15) is 8.42 Å². The molecule has 0 saturated carbocycles. The highest BCUT2D eigenvalue weighted by molar-refractivity contribution is 7.88. The molecular formula is C23H31N3O6S. The summed E-state index contributed by atoms with van der Waals surface area (Å²) in [7, 11) is -4.98. The van der Waals surface area contributed by atoms with Gasteiger partial charge in [0.25, 0.3) is 10.1 Å². The number of aliphatic carboxylic acids is 1. The quantitative estimate of drug-likeness (QED) is 0.329. The highest BCUT2D eigenvalue weighted by Gasteiger charge is 2.47. The Hall–Kier alpha value is -2.69. The lowest BCUT2D eigenvalue weighted by Crippen LogP contribution is -2.56. The fourth-order valence-electron chi connectivity index (χ4n) is 4.04. The molecule has 1 atom stereocenters. The number of hydrogen-bond acceptors (Lipinski definition) is 7. The minimum Gasteiger partial charge on any atom is -0.494 e. The number of hydrogen-bond donors (Lipinski definition) is 3. The van der Waals surface area contributed by atoms with E-state index in [9.17, 15) is 17.8 Å². The molecule has 3 rings (SSSR count). The number of unbranched alkanes of at least 4 members (excludes halogenated alkanes) is 1. The molecule has 0 amide bonds. The molecular weight excluding hydrogens is 446 g/mol. The van der Waals surface area contributed by atoms with Crippen LogP contribution in [0, 0.1) is 5.92 Å². The topological polar surface area (TPSA) is 143 Å². The van der Waals surface area contributed by atoms with Crippen molar-refractivity contribution in [2.45, 2.75) is 43.4 Å². The number of pyridine rings is 1. The molecule has 10 heteroatoms. The number of carboxylic acid groups (broad SMARTS) is 1. The molecule has 0 radical (unpaired) electrons. The number of rotatable bonds is 11. The van der Waals surface area contributed by atoms with Gasteiger partial charge in [0.05, 0.1) is 6.61 Å². The van der Waals surface area contributed by atoms with Gasteiger partial charge in [0.1, 0.15) is 5.75 Å². The number of anilines is 1. The normalized spacial score (nSPS) is 16.8. The van der Waals surface area contributed by atoms with Gasteiger partial charge in [0, 0.05) is 37.6 Å². The first-order chi connectivity index (χ1) is 15.7. The van der Waals surface area contributed by atoms with Gasteiger partial charge in [-0.25, -0.2) is 4.79 Å². The average molecular weight is 478 g/mol. The van der Waals surface area contributed by atoms with E-state index in [1.807, 2.05) is 12.4 Å². The number of benzene rings is 1. The van der Waals surface area contributed by atoms with Gasteiger partial charge in [0.15, 0.2) is 0 Å². The van der Waals surface area contributed by atoms with Crippen LogP contribution in [0.25, 0.3) is 0 Å². The zero-order valence-electron chi connectivity index (χ0n) is 18.5. The summed E-state index contributed by atoms with van der Waals surface area (Å²) in [4.78, 5) is 14.9. The maximum absolute atomic E-state index is 11.4. The Bertz CT molecular complexity index is 1010. The van der Waals surface area contributed by atoms with Gasteiger partial charge in [-0.15, -0.1) is 0 Å². The number of ether oxygens (including phenoxy) is 1. The molecule has 0 aliphatic carbocycles. The molecule has 180 valence electrons. The van der Waals surface area contributed by atoms with Crippen LogP contribution in [0.4, 0.5) is 5.69 Å². The lowest BCUT2D eigenvalue weighted by molar-refractivity contribution is -0.140. The SMILES string of the molecule is NC(Cc1ccc(OCCCCC2CCN(c3ccncc3)CC2)cc1)(C(=O)O)S(=O)(=O)O. The number of carbonyl (C=O) groups is 1. The minimum absolute atomic E-state index is 0.364. The van der Waals surface area contributed by atoms with E-state index in [-0.39, 0.29) is 0 Å². The molecule has 1 aliphatic rings. The molecule has 1 aromatic carbocycles. The van der Waals surface area contributed by atoms with Gasteiger partial charge in [0.2, 0.25) is 4.87 Å². The number of carboxylic acids is 1. The van der Waals surface area contributed by atoms with Crippen LogP contribution < -0.4 is 15.4 Å². The van der Waals surface area contributed by atoms with Crippen molar-refractivity contribution in [2.75, 3.05) is 24.6 Å². The van der Waals surface area contributed by atoms with Crippen molar-refractivity contribution in [3.63, 3.8) is 0 Å². The Kier molecular flexibility index (Phi) is 8.28. The highest BCUT2D eigenvalue weighted by Crippen LogP contribution is 2.26. The van der Waals surface area contributed by atoms with Crippen LogP contribution in [0.15, 0.2) is 48.8 Å². The average Bonchev–Trinajstić information content (AvgIpc) is 2.80. The van der Waals surface area contributed by atoms with Gasteiger partial charge >= 0.3 is 5.97 Å². The molecule has 2 heterocycles. The molecule has 0 spiro atoms. The third-order valence-corrected chi connectivity index (χ3v) is 7.37. The van der Waals surface area contributed by atoms with E-state index >= 15 is 0 Å². The van der Waals surface area contributed by atoms with E-state index in [1.54, 1.807) is 24.3 Å². The van der Waals surface area contributed by atoms with Gasteiger partial charge < -0.3 is 20.5 Å². The third kappa shape index (κ3) is 6.66. The van der Waals surface area contributed by atoms with Crippen LogP contribution in [0.5, 0.6) is 5.75 Å². The summed E-state index contributed by atoms with van der Waals surface area (Å²) in [5.41, 5.74) is 7.03. The van der Waals surface area contributed by atoms with E-state index in [4.69, 9.17) is 15.6 Å². The number of nitrogens with zero attached hydrogens (tertiary/aromatic N) is 2. The first kappa shape index (κ1) is 24.9. The molecule has 0 bridgehead atoms. The summed E-state index contributed by atoms with van der Waals surface area (Å²) in [6, 6.07) is 10.5. The smallest absolute Gasteiger partial charge is 0.342 e. The van der Waals surface area contributed by atoms with Gasteiger partial charge in [-0.1, -0.05) is 18.6 Å². The summed E-state index contributed by atoms with van der Waals surface area (Å²) in [5, 5.41) is 9.12. The van der Waals surface area contributed by atoms with Crippen molar-refractivity contribution in [1.29, 1.82) is 0 Å². The second-order valence-corrected chi connectivity index (χ2v) is 10.1. The lowest BCUT2D eigenvalue weighted by atomic mass is 9.91. The Morgan fingerprint density at radius 2 is 1.76 bits per heavy atom.